The van der Waals surface area contributed by atoms with Crippen LogP contribution < -0.4 is 0 Å². The first kappa shape index (κ1) is 12.4. The lowest BCUT2D eigenvalue weighted by Crippen LogP contribution is -2.50. The van der Waals surface area contributed by atoms with E-state index in [1.54, 1.807) is 10.9 Å². The Hall–Kier alpha value is -1.32. The molecule has 4 aliphatic carbocycles. The zero-order valence-electron chi connectivity index (χ0n) is 11.7. The highest BCUT2D eigenvalue weighted by molar-refractivity contribution is 5.70. The monoisotopic (exact) mass is 274 g/mol. The lowest BCUT2D eigenvalue weighted by atomic mass is 9.49. The molecule has 1 atom stereocenters. The molecule has 0 saturated heterocycles. The minimum Gasteiger partial charge on any atom is -0.481 e. The first-order chi connectivity index (χ1) is 9.70. The van der Waals surface area contributed by atoms with Crippen LogP contribution in [0, 0.1) is 35.5 Å². The molecule has 108 valence electrons. The van der Waals surface area contributed by atoms with Crippen LogP contribution in [0.5, 0.6) is 0 Å². The quantitative estimate of drug-likeness (QED) is 0.918. The van der Waals surface area contributed by atoms with E-state index in [2.05, 4.69) is 5.10 Å². The number of carboxylic acid groups (broad SMARTS) is 1. The van der Waals surface area contributed by atoms with Crippen molar-refractivity contribution in [3.63, 3.8) is 0 Å². The second-order valence-electron chi connectivity index (χ2n) is 7.18. The molecule has 4 bridgehead atoms. The van der Waals surface area contributed by atoms with Crippen LogP contribution in [0.3, 0.4) is 0 Å². The van der Waals surface area contributed by atoms with Crippen LogP contribution >= 0.6 is 0 Å². The van der Waals surface area contributed by atoms with Gasteiger partial charge in [-0.05, 0) is 67.8 Å². The summed E-state index contributed by atoms with van der Waals surface area (Å²) in [6.45, 7) is 0.537. The first-order valence-electron chi connectivity index (χ1n) is 7.91. The maximum absolute atomic E-state index is 11.8. The third-order valence-corrected chi connectivity index (χ3v) is 6.02. The predicted molar refractivity (Wildman–Crippen MR) is 73.9 cm³/mol. The van der Waals surface area contributed by atoms with Crippen molar-refractivity contribution in [1.29, 1.82) is 0 Å². The number of rotatable bonds is 4. The Labute approximate surface area is 119 Å². The van der Waals surface area contributed by atoms with E-state index in [9.17, 15) is 9.90 Å². The molecule has 0 radical (unpaired) electrons. The molecule has 5 rings (SSSR count). The van der Waals surface area contributed by atoms with Crippen molar-refractivity contribution < 1.29 is 9.90 Å². The molecule has 4 nitrogen and oxygen atoms in total. The van der Waals surface area contributed by atoms with Gasteiger partial charge in [0, 0.05) is 12.4 Å². The fourth-order valence-electron chi connectivity index (χ4n) is 5.60. The van der Waals surface area contributed by atoms with Gasteiger partial charge >= 0.3 is 5.97 Å². The molecule has 4 fully saturated rings. The van der Waals surface area contributed by atoms with Crippen LogP contribution in [0.1, 0.15) is 32.1 Å². The summed E-state index contributed by atoms with van der Waals surface area (Å²) in [5, 5.41) is 13.9. The van der Waals surface area contributed by atoms with E-state index in [1.165, 1.54) is 32.1 Å². The van der Waals surface area contributed by atoms with E-state index >= 15 is 0 Å². The molecule has 1 aromatic heterocycles. The van der Waals surface area contributed by atoms with Gasteiger partial charge in [0.05, 0.1) is 12.5 Å². The molecule has 4 aliphatic rings. The largest absolute Gasteiger partial charge is 0.481 e. The average molecular weight is 274 g/mol. The van der Waals surface area contributed by atoms with E-state index in [0.29, 0.717) is 24.3 Å². The third kappa shape index (κ3) is 1.97. The molecule has 4 saturated carbocycles. The smallest absolute Gasteiger partial charge is 0.308 e. The lowest BCUT2D eigenvalue weighted by molar-refractivity contribution is -0.152. The van der Waals surface area contributed by atoms with Crippen molar-refractivity contribution in [3.8, 4) is 0 Å². The highest BCUT2D eigenvalue weighted by Gasteiger charge is 2.51. The fraction of sp³-hybridized carbons (Fsp3) is 0.750. The standard InChI is InChI=1S/C16H22N2O2/c19-16(20)14(9-18-3-1-2-17-18)15-12-5-10-4-11(7-12)8-13(15)6-10/h1-3,10-15H,4-9H2,(H,19,20). The van der Waals surface area contributed by atoms with E-state index in [0.717, 1.165) is 11.8 Å². The Balaban J connectivity index is 1.58. The van der Waals surface area contributed by atoms with Gasteiger partial charge in [-0.3, -0.25) is 9.48 Å². The summed E-state index contributed by atoms with van der Waals surface area (Å²) in [6.07, 6.45) is 10.1. The minimum absolute atomic E-state index is 0.259. The van der Waals surface area contributed by atoms with Crippen LogP contribution in [-0.4, -0.2) is 20.9 Å². The SMILES string of the molecule is O=C(O)C(Cn1cccn1)C1C2CC3CC(C2)CC1C3. The summed E-state index contributed by atoms with van der Waals surface area (Å²) >= 11 is 0. The molecule has 20 heavy (non-hydrogen) atoms. The molecule has 0 spiro atoms. The Bertz CT molecular complexity index is 469. The van der Waals surface area contributed by atoms with Crippen molar-refractivity contribution in [2.24, 2.45) is 35.5 Å². The van der Waals surface area contributed by atoms with E-state index in [-0.39, 0.29) is 5.92 Å². The van der Waals surface area contributed by atoms with Crippen LogP contribution in [0.25, 0.3) is 0 Å². The summed E-state index contributed by atoms with van der Waals surface area (Å²) in [4.78, 5) is 11.8. The summed E-state index contributed by atoms with van der Waals surface area (Å²) in [5.74, 6) is 2.60. The highest BCUT2D eigenvalue weighted by atomic mass is 16.4. The Morgan fingerprint density at radius 3 is 2.35 bits per heavy atom. The number of carbonyl (C=O) groups is 1. The first-order valence-corrected chi connectivity index (χ1v) is 7.91. The van der Waals surface area contributed by atoms with Gasteiger partial charge in [-0.1, -0.05) is 0 Å². The molecular formula is C16H22N2O2. The van der Waals surface area contributed by atoms with Gasteiger partial charge in [-0.25, -0.2) is 0 Å². The molecule has 0 aliphatic heterocycles. The van der Waals surface area contributed by atoms with Gasteiger partial charge in [0.15, 0.2) is 0 Å². The number of aliphatic carboxylic acids is 1. The normalized spacial score (nSPS) is 39.9. The molecular weight excluding hydrogens is 252 g/mol. The number of hydrogen-bond donors (Lipinski definition) is 1. The van der Waals surface area contributed by atoms with Gasteiger partial charge in [-0.2, -0.15) is 5.10 Å². The minimum atomic E-state index is -0.627. The molecule has 1 aromatic rings. The second-order valence-corrected chi connectivity index (χ2v) is 7.18. The van der Waals surface area contributed by atoms with Crippen molar-refractivity contribution in [1.82, 2.24) is 9.78 Å². The summed E-state index contributed by atoms with van der Waals surface area (Å²) in [7, 11) is 0. The number of hydrogen-bond acceptors (Lipinski definition) is 2. The van der Waals surface area contributed by atoms with Gasteiger partial charge in [0.1, 0.15) is 0 Å². The van der Waals surface area contributed by atoms with Crippen LogP contribution in [0.2, 0.25) is 0 Å². The molecule has 0 aromatic carbocycles. The molecule has 1 unspecified atom stereocenters. The highest BCUT2D eigenvalue weighted by Crippen LogP contribution is 2.58. The summed E-state index contributed by atoms with van der Waals surface area (Å²) < 4.78 is 1.80. The fourth-order valence-corrected chi connectivity index (χ4v) is 5.60. The Kier molecular flexibility index (Phi) is 2.86. The van der Waals surface area contributed by atoms with Crippen molar-refractivity contribution in [2.45, 2.75) is 38.6 Å². The number of nitrogens with zero attached hydrogens (tertiary/aromatic N) is 2. The van der Waals surface area contributed by atoms with Gasteiger partial charge in [0.2, 0.25) is 0 Å². The number of carboxylic acids is 1. The Morgan fingerprint density at radius 2 is 1.85 bits per heavy atom. The molecule has 1 N–H and O–H groups in total. The van der Waals surface area contributed by atoms with E-state index in [1.807, 2.05) is 12.3 Å². The maximum Gasteiger partial charge on any atom is 0.308 e. The van der Waals surface area contributed by atoms with Crippen molar-refractivity contribution in [3.05, 3.63) is 18.5 Å². The summed E-state index contributed by atoms with van der Waals surface area (Å²) in [6, 6.07) is 1.87. The zero-order chi connectivity index (χ0) is 13.7. The zero-order valence-corrected chi connectivity index (χ0v) is 11.7. The van der Waals surface area contributed by atoms with Crippen LogP contribution in [0.4, 0.5) is 0 Å². The van der Waals surface area contributed by atoms with Crippen LogP contribution in [0.15, 0.2) is 18.5 Å². The van der Waals surface area contributed by atoms with Gasteiger partial charge in [0.25, 0.3) is 0 Å². The molecule has 1 heterocycles. The molecule has 0 amide bonds. The van der Waals surface area contributed by atoms with Gasteiger partial charge in [-0.15, -0.1) is 0 Å². The van der Waals surface area contributed by atoms with E-state index in [4.69, 9.17) is 0 Å². The van der Waals surface area contributed by atoms with Crippen molar-refractivity contribution >= 4 is 5.97 Å². The third-order valence-electron chi connectivity index (χ3n) is 6.02. The topological polar surface area (TPSA) is 55.1 Å². The van der Waals surface area contributed by atoms with Crippen molar-refractivity contribution in [2.75, 3.05) is 0 Å². The van der Waals surface area contributed by atoms with Gasteiger partial charge < -0.3 is 5.11 Å². The Morgan fingerprint density at radius 1 is 1.20 bits per heavy atom. The lowest BCUT2D eigenvalue weighted by Gasteiger charge is -2.55. The number of aromatic nitrogens is 2. The molecule has 4 heteroatoms. The predicted octanol–water partition coefficient (Wildman–Crippen LogP) is 2.66. The van der Waals surface area contributed by atoms with E-state index < -0.39 is 5.97 Å². The average Bonchev–Trinajstić information content (AvgIpc) is 2.88. The second kappa shape index (κ2) is 4.61. The maximum atomic E-state index is 11.8. The van der Waals surface area contributed by atoms with Crippen LogP contribution in [-0.2, 0) is 11.3 Å². The summed E-state index contributed by atoms with van der Waals surface area (Å²) in [5.41, 5.74) is 0.